The Morgan fingerprint density at radius 1 is 1.29 bits per heavy atom. The summed E-state index contributed by atoms with van der Waals surface area (Å²) in [5.41, 5.74) is 2.34. The fourth-order valence-electron chi connectivity index (χ4n) is 4.69. The highest BCUT2D eigenvalue weighted by Gasteiger charge is 2.27. The Labute approximate surface area is 215 Å². The molecular formula is C25H23F2N7O4. The first-order chi connectivity index (χ1) is 18.3. The summed E-state index contributed by atoms with van der Waals surface area (Å²) < 4.78 is 36.5. The van der Waals surface area contributed by atoms with Gasteiger partial charge in [-0.15, -0.1) is 5.10 Å². The zero-order valence-electron chi connectivity index (χ0n) is 20.3. The van der Waals surface area contributed by atoms with Gasteiger partial charge in [0.15, 0.2) is 0 Å². The number of aromatic nitrogens is 5. The molecule has 0 spiro atoms. The van der Waals surface area contributed by atoms with E-state index in [-0.39, 0.29) is 29.5 Å². The molecule has 2 N–H and O–H groups in total. The average Bonchev–Trinajstić information content (AvgIpc) is 3.50. The summed E-state index contributed by atoms with van der Waals surface area (Å²) >= 11 is 0. The van der Waals surface area contributed by atoms with Gasteiger partial charge in [-0.25, -0.2) is 22.8 Å². The van der Waals surface area contributed by atoms with Crippen molar-refractivity contribution in [3.05, 3.63) is 65.1 Å². The number of amides is 1. The summed E-state index contributed by atoms with van der Waals surface area (Å²) in [5, 5.41) is 42.1. The molecule has 3 aromatic heterocycles. The van der Waals surface area contributed by atoms with E-state index in [1.165, 1.54) is 15.6 Å². The van der Waals surface area contributed by atoms with Gasteiger partial charge in [0, 0.05) is 36.5 Å². The van der Waals surface area contributed by atoms with E-state index in [0.717, 1.165) is 17.8 Å². The van der Waals surface area contributed by atoms with Crippen molar-refractivity contribution in [3.8, 4) is 23.1 Å². The summed E-state index contributed by atoms with van der Waals surface area (Å²) in [6, 6.07) is 6.55. The molecule has 0 saturated carbocycles. The van der Waals surface area contributed by atoms with Crippen LogP contribution in [0, 0.1) is 29.9 Å². The highest BCUT2D eigenvalue weighted by molar-refractivity contribution is 5.74. The zero-order valence-corrected chi connectivity index (χ0v) is 20.3. The number of aliphatic hydroxyl groups is 1. The number of carbonyl (C=O) groups is 1. The average molecular weight is 524 g/mol. The molecule has 1 fully saturated rings. The van der Waals surface area contributed by atoms with Crippen molar-refractivity contribution in [1.82, 2.24) is 29.5 Å². The molecule has 1 amide bonds. The third kappa shape index (κ3) is 4.61. The number of benzene rings is 1. The standard InChI is InChI=1S/C25H23F2N7O4/c1-14-23(30-31-34(14)18-4-6-32(7-5-18)25(36)37)15-8-22(24-16(10-28)11-29-33(24)12-15)38-13-21(35)19-3-2-17(26)9-20(19)27/h2-3,8-9,11-12,18,21,35H,4-7,13H2,1H3,(H,36,37). The van der Waals surface area contributed by atoms with Crippen LogP contribution < -0.4 is 4.74 Å². The van der Waals surface area contributed by atoms with Gasteiger partial charge in [0.05, 0.1) is 17.9 Å². The van der Waals surface area contributed by atoms with Crippen molar-refractivity contribution in [2.75, 3.05) is 19.7 Å². The van der Waals surface area contributed by atoms with E-state index < -0.39 is 23.8 Å². The fourth-order valence-corrected chi connectivity index (χ4v) is 4.69. The second kappa shape index (κ2) is 10.1. The number of ether oxygens (including phenoxy) is 1. The molecule has 1 aromatic carbocycles. The fraction of sp³-hybridized carbons (Fsp3) is 0.320. The van der Waals surface area contributed by atoms with Gasteiger partial charge in [0.2, 0.25) is 0 Å². The molecule has 196 valence electrons. The number of likely N-dealkylation sites (tertiary alicyclic amines) is 1. The van der Waals surface area contributed by atoms with Crippen LogP contribution in [0.4, 0.5) is 13.6 Å². The summed E-state index contributed by atoms with van der Waals surface area (Å²) in [4.78, 5) is 12.6. The number of hydrogen-bond acceptors (Lipinski definition) is 7. The lowest BCUT2D eigenvalue weighted by Gasteiger charge is -2.30. The van der Waals surface area contributed by atoms with E-state index in [1.807, 2.05) is 13.0 Å². The van der Waals surface area contributed by atoms with Crippen molar-refractivity contribution in [2.45, 2.75) is 31.9 Å². The van der Waals surface area contributed by atoms with Gasteiger partial charge < -0.3 is 19.8 Å². The first kappa shape index (κ1) is 25.1. The van der Waals surface area contributed by atoms with Gasteiger partial charge in [0.25, 0.3) is 0 Å². The lowest BCUT2D eigenvalue weighted by atomic mass is 10.0. The molecule has 11 nitrogen and oxygen atoms in total. The smallest absolute Gasteiger partial charge is 0.407 e. The number of pyridine rings is 1. The molecule has 4 heterocycles. The lowest BCUT2D eigenvalue weighted by molar-refractivity contribution is 0.105. The minimum Gasteiger partial charge on any atom is -0.488 e. The molecule has 13 heteroatoms. The van der Waals surface area contributed by atoms with Crippen LogP contribution in [-0.4, -0.2) is 65.5 Å². The largest absolute Gasteiger partial charge is 0.488 e. The van der Waals surface area contributed by atoms with Crippen LogP contribution in [0.15, 0.2) is 36.7 Å². The molecule has 4 aromatic rings. The quantitative estimate of drug-likeness (QED) is 0.391. The Hall–Kier alpha value is -4.57. The summed E-state index contributed by atoms with van der Waals surface area (Å²) in [6.07, 6.45) is 1.92. The second-order valence-electron chi connectivity index (χ2n) is 9.02. The molecule has 1 atom stereocenters. The number of fused-ring (bicyclic) bond motifs is 1. The van der Waals surface area contributed by atoms with Gasteiger partial charge in [-0.1, -0.05) is 11.3 Å². The molecular weight excluding hydrogens is 500 g/mol. The van der Waals surface area contributed by atoms with Crippen LogP contribution in [0.25, 0.3) is 16.8 Å². The van der Waals surface area contributed by atoms with E-state index >= 15 is 0 Å². The SMILES string of the molecule is Cc1c(-c2cc(OCC(O)c3ccc(F)cc3F)c3c(C#N)cnn3c2)nnn1C1CCN(C(=O)O)CC1. The molecule has 1 unspecified atom stereocenters. The Morgan fingerprint density at radius 3 is 2.74 bits per heavy atom. The number of carboxylic acid groups (broad SMARTS) is 1. The number of piperidine rings is 1. The second-order valence-corrected chi connectivity index (χ2v) is 9.02. The lowest BCUT2D eigenvalue weighted by Crippen LogP contribution is -2.38. The minimum atomic E-state index is -1.40. The van der Waals surface area contributed by atoms with Crippen LogP contribution in [-0.2, 0) is 0 Å². The Balaban J connectivity index is 1.44. The minimum absolute atomic E-state index is 0.0121. The van der Waals surface area contributed by atoms with Crippen LogP contribution in [0.2, 0.25) is 0 Å². The van der Waals surface area contributed by atoms with Crippen molar-refractivity contribution >= 4 is 11.6 Å². The maximum atomic E-state index is 14.1. The van der Waals surface area contributed by atoms with Crippen LogP contribution in [0.5, 0.6) is 5.75 Å². The van der Waals surface area contributed by atoms with E-state index in [0.29, 0.717) is 48.8 Å². The summed E-state index contributed by atoms with van der Waals surface area (Å²) in [5.74, 6) is -1.45. The maximum Gasteiger partial charge on any atom is 0.407 e. The topological polar surface area (TPSA) is 142 Å². The van der Waals surface area contributed by atoms with Gasteiger partial charge in [-0.3, -0.25) is 0 Å². The van der Waals surface area contributed by atoms with E-state index in [4.69, 9.17) is 4.74 Å². The molecule has 1 saturated heterocycles. The number of halogens is 2. The Bertz CT molecular complexity index is 1550. The predicted molar refractivity (Wildman–Crippen MR) is 128 cm³/mol. The van der Waals surface area contributed by atoms with Gasteiger partial charge in [0.1, 0.15) is 52.9 Å². The van der Waals surface area contributed by atoms with Gasteiger partial charge >= 0.3 is 6.09 Å². The molecule has 38 heavy (non-hydrogen) atoms. The molecule has 0 radical (unpaired) electrons. The van der Waals surface area contributed by atoms with Crippen molar-refractivity contribution in [1.29, 1.82) is 5.26 Å². The maximum absolute atomic E-state index is 14.1. The zero-order chi connectivity index (χ0) is 27.0. The Kier molecular flexibility index (Phi) is 6.64. The third-order valence-electron chi connectivity index (χ3n) is 6.70. The number of hydrogen-bond donors (Lipinski definition) is 2. The van der Waals surface area contributed by atoms with Crippen molar-refractivity contribution in [3.63, 3.8) is 0 Å². The number of nitrogens with zero attached hydrogens (tertiary/aromatic N) is 7. The van der Waals surface area contributed by atoms with Crippen molar-refractivity contribution < 1.29 is 28.5 Å². The van der Waals surface area contributed by atoms with Crippen LogP contribution >= 0.6 is 0 Å². The van der Waals surface area contributed by atoms with Crippen molar-refractivity contribution in [2.24, 2.45) is 0 Å². The molecule has 5 rings (SSSR count). The molecule has 1 aliphatic heterocycles. The molecule has 1 aliphatic rings. The summed E-state index contributed by atoms with van der Waals surface area (Å²) in [6.45, 7) is 2.29. The highest BCUT2D eigenvalue weighted by atomic mass is 19.1. The predicted octanol–water partition coefficient (Wildman–Crippen LogP) is 3.48. The number of nitriles is 1. The molecule has 0 aliphatic carbocycles. The van der Waals surface area contributed by atoms with E-state index in [1.54, 1.807) is 16.9 Å². The van der Waals surface area contributed by atoms with E-state index in [9.17, 15) is 29.1 Å². The first-order valence-corrected chi connectivity index (χ1v) is 11.8. The normalized spacial score (nSPS) is 15.0. The van der Waals surface area contributed by atoms with Crippen LogP contribution in [0.3, 0.4) is 0 Å². The summed E-state index contributed by atoms with van der Waals surface area (Å²) in [7, 11) is 0. The van der Waals surface area contributed by atoms with Gasteiger partial charge in [-0.2, -0.15) is 10.4 Å². The monoisotopic (exact) mass is 523 g/mol. The van der Waals surface area contributed by atoms with Gasteiger partial charge in [-0.05, 0) is 31.9 Å². The van der Waals surface area contributed by atoms with Crippen LogP contribution in [0.1, 0.15) is 41.8 Å². The van der Waals surface area contributed by atoms with E-state index in [2.05, 4.69) is 15.4 Å². The number of aliphatic hydroxyl groups excluding tert-OH is 1. The number of rotatable bonds is 6. The first-order valence-electron chi connectivity index (χ1n) is 11.8. The highest BCUT2D eigenvalue weighted by Crippen LogP contribution is 2.33. The Morgan fingerprint density at radius 2 is 2.05 bits per heavy atom. The molecule has 0 bridgehead atoms. The third-order valence-corrected chi connectivity index (χ3v) is 6.70.